The molecule has 25 heavy (non-hydrogen) atoms. The van der Waals surface area contributed by atoms with Crippen LogP contribution >= 0.6 is 0 Å². The van der Waals surface area contributed by atoms with E-state index in [0.29, 0.717) is 6.54 Å². The van der Waals surface area contributed by atoms with Gasteiger partial charge in [-0.15, -0.1) is 0 Å². The molecule has 3 aromatic rings. The lowest BCUT2D eigenvalue weighted by Crippen LogP contribution is -2.22. The summed E-state index contributed by atoms with van der Waals surface area (Å²) in [7, 11) is 0. The standard InChI is InChI=1S/C19H19F2N3O/c1-12-4-2-5-13(8-12)19-14(10-23-24-19)9-22-11-17(25)18-15(20)6-3-7-16(18)21/h2-8,10,17,22,25H,9,11H2,1H3,(H,23,24). The van der Waals surface area contributed by atoms with Crippen molar-refractivity contribution in [3.05, 3.63) is 77.0 Å². The van der Waals surface area contributed by atoms with Gasteiger partial charge in [0.15, 0.2) is 0 Å². The fourth-order valence-corrected chi connectivity index (χ4v) is 2.77. The van der Waals surface area contributed by atoms with Crippen molar-refractivity contribution < 1.29 is 13.9 Å². The van der Waals surface area contributed by atoms with E-state index in [1.165, 1.54) is 6.07 Å². The molecule has 1 unspecified atom stereocenters. The maximum Gasteiger partial charge on any atom is 0.131 e. The Bertz CT molecular complexity index is 843. The molecule has 0 aliphatic heterocycles. The fourth-order valence-electron chi connectivity index (χ4n) is 2.77. The number of nitrogens with zero attached hydrogens (tertiary/aromatic N) is 1. The van der Waals surface area contributed by atoms with Crippen molar-refractivity contribution in [2.45, 2.75) is 19.6 Å². The summed E-state index contributed by atoms with van der Waals surface area (Å²) in [5.41, 5.74) is 3.61. The van der Waals surface area contributed by atoms with Gasteiger partial charge in [-0.2, -0.15) is 5.10 Å². The van der Waals surface area contributed by atoms with Crippen LogP contribution < -0.4 is 5.32 Å². The smallest absolute Gasteiger partial charge is 0.131 e. The highest BCUT2D eigenvalue weighted by Crippen LogP contribution is 2.23. The normalized spacial score (nSPS) is 12.3. The Labute approximate surface area is 144 Å². The summed E-state index contributed by atoms with van der Waals surface area (Å²) in [6, 6.07) is 11.5. The third kappa shape index (κ3) is 3.92. The number of rotatable bonds is 6. The Morgan fingerprint density at radius 3 is 2.60 bits per heavy atom. The van der Waals surface area contributed by atoms with E-state index < -0.39 is 17.7 Å². The Morgan fingerprint density at radius 2 is 1.88 bits per heavy atom. The molecule has 130 valence electrons. The molecule has 0 radical (unpaired) electrons. The Kier molecular flexibility index (Phi) is 5.21. The van der Waals surface area contributed by atoms with E-state index in [1.54, 1.807) is 6.20 Å². The lowest BCUT2D eigenvalue weighted by atomic mass is 10.1. The summed E-state index contributed by atoms with van der Waals surface area (Å²) < 4.78 is 27.4. The zero-order valence-electron chi connectivity index (χ0n) is 13.8. The molecule has 6 heteroatoms. The van der Waals surface area contributed by atoms with Gasteiger partial charge in [0.1, 0.15) is 11.6 Å². The summed E-state index contributed by atoms with van der Waals surface area (Å²) in [4.78, 5) is 0. The predicted octanol–water partition coefficient (Wildman–Crippen LogP) is 3.49. The van der Waals surface area contributed by atoms with Crippen LogP contribution in [0.1, 0.15) is 22.8 Å². The number of nitrogens with one attached hydrogen (secondary N) is 2. The van der Waals surface area contributed by atoms with Gasteiger partial charge in [0.2, 0.25) is 0 Å². The number of aliphatic hydroxyl groups excluding tert-OH is 1. The van der Waals surface area contributed by atoms with E-state index in [9.17, 15) is 13.9 Å². The lowest BCUT2D eigenvalue weighted by Gasteiger charge is -2.14. The second-order valence-corrected chi connectivity index (χ2v) is 5.92. The Balaban J connectivity index is 1.66. The number of H-pyrrole nitrogens is 1. The highest BCUT2D eigenvalue weighted by molar-refractivity contribution is 5.63. The molecule has 1 atom stereocenters. The van der Waals surface area contributed by atoms with Gasteiger partial charge >= 0.3 is 0 Å². The van der Waals surface area contributed by atoms with Crippen LogP contribution in [-0.2, 0) is 6.54 Å². The fraction of sp³-hybridized carbons (Fsp3) is 0.211. The van der Waals surface area contributed by atoms with E-state index in [1.807, 2.05) is 31.2 Å². The van der Waals surface area contributed by atoms with Crippen LogP contribution in [0, 0.1) is 18.6 Å². The maximum absolute atomic E-state index is 13.7. The van der Waals surface area contributed by atoms with Crippen LogP contribution in [0.15, 0.2) is 48.7 Å². The Morgan fingerprint density at radius 1 is 1.16 bits per heavy atom. The lowest BCUT2D eigenvalue weighted by molar-refractivity contribution is 0.164. The van der Waals surface area contributed by atoms with Gasteiger partial charge in [0, 0.05) is 24.2 Å². The highest BCUT2D eigenvalue weighted by Gasteiger charge is 2.17. The maximum atomic E-state index is 13.7. The van der Waals surface area contributed by atoms with Crippen molar-refractivity contribution in [1.82, 2.24) is 15.5 Å². The van der Waals surface area contributed by atoms with Crippen LogP contribution in [0.4, 0.5) is 8.78 Å². The SMILES string of the molecule is Cc1cccc(-c2[nH]ncc2CNCC(O)c2c(F)cccc2F)c1. The molecule has 0 spiro atoms. The largest absolute Gasteiger partial charge is 0.387 e. The van der Waals surface area contributed by atoms with Gasteiger partial charge in [-0.25, -0.2) is 8.78 Å². The molecule has 3 N–H and O–H groups in total. The van der Waals surface area contributed by atoms with E-state index in [4.69, 9.17) is 0 Å². The number of aliphatic hydroxyl groups is 1. The number of hydrogen-bond acceptors (Lipinski definition) is 3. The quantitative estimate of drug-likeness (QED) is 0.642. The van der Waals surface area contributed by atoms with Gasteiger partial charge < -0.3 is 10.4 Å². The first-order valence-electron chi connectivity index (χ1n) is 7.98. The third-order valence-electron chi connectivity index (χ3n) is 4.01. The zero-order valence-corrected chi connectivity index (χ0v) is 13.8. The molecule has 1 aromatic heterocycles. The number of aryl methyl sites for hydroxylation is 1. The van der Waals surface area contributed by atoms with Crippen molar-refractivity contribution in [2.75, 3.05) is 6.54 Å². The first-order chi connectivity index (χ1) is 12.1. The molecular weight excluding hydrogens is 324 g/mol. The van der Waals surface area contributed by atoms with Gasteiger partial charge in [0.05, 0.1) is 23.6 Å². The summed E-state index contributed by atoms with van der Waals surface area (Å²) in [5.74, 6) is -1.50. The second-order valence-electron chi connectivity index (χ2n) is 5.92. The highest BCUT2D eigenvalue weighted by atomic mass is 19.1. The van der Waals surface area contributed by atoms with Gasteiger partial charge in [-0.3, -0.25) is 5.10 Å². The number of hydrogen-bond donors (Lipinski definition) is 3. The monoisotopic (exact) mass is 343 g/mol. The van der Waals surface area contributed by atoms with Gasteiger partial charge in [-0.05, 0) is 25.1 Å². The molecule has 0 bridgehead atoms. The molecular formula is C19H19F2N3O. The van der Waals surface area contributed by atoms with Crippen molar-refractivity contribution >= 4 is 0 Å². The Hall–Kier alpha value is -2.57. The van der Waals surface area contributed by atoms with Crippen molar-refractivity contribution in [1.29, 1.82) is 0 Å². The van der Waals surface area contributed by atoms with Gasteiger partial charge in [0.25, 0.3) is 0 Å². The van der Waals surface area contributed by atoms with Crippen molar-refractivity contribution in [2.24, 2.45) is 0 Å². The second kappa shape index (κ2) is 7.55. The average molecular weight is 343 g/mol. The molecule has 0 amide bonds. The molecule has 4 nitrogen and oxygen atoms in total. The summed E-state index contributed by atoms with van der Waals surface area (Å²) in [5, 5.41) is 20.1. The first kappa shape index (κ1) is 17.3. The zero-order chi connectivity index (χ0) is 17.8. The van der Waals surface area contributed by atoms with E-state index in [0.717, 1.165) is 34.5 Å². The number of halogens is 2. The molecule has 0 saturated heterocycles. The number of benzene rings is 2. The average Bonchev–Trinajstić information content (AvgIpc) is 3.03. The molecule has 2 aromatic carbocycles. The van der Waals surface area contributed by atoms with E-state index in [2.05, 4.69) is 15.5 Å². The van der Waals surface area contributed by atoms with Crippen LogP contribution in [-0.4, -0.2) is 21.8 Å². The number of aromatic nitrogens is 2. The topological polar surface area (TPSA) is 60.9 Å². The van der Waals surface area contributed by atoms with E-state index in [-0.39, 0.29) is 12.1 Å². The summed E-state index contributed by atoms with van der Waals surface area (Å²) in [6.07, 6.45) is 0.427. The minimum atomic E-state index is -1.27. The molecule has 3 rings (SSSR count). The molecule has 0 saturated carbocycles. The molecule has 0 aliphatic carbocycles. The summed E-state index contributed by atoms with van der Waals surface area (Å²) >= 11 is 0. The molecule has 0 aliphatic rings. The summed E-state index contributed by atoms with van der Waals surface area (Å²) in [6.45, 7) is 2.44. The molecule has 0 fully saturated rings. The first-order valence-corrected chi connectivity index (χ1v) is 7.98. The minimum absolute atomic E-state index is 0.0241. The number of aromatic amines is 1. The van der Waals surface area contributed by atoms with Crippen LogP contribution in [0.3, 0.4) is 0 Å². The predicted molar refractivity (Wildman–Crippen MR) is 91.8 cm³/mol. The van der Waals surface area contributed by atoms with Crippen LogP contribution in [0.2, 0.25) is 0 Å². The minimum Gasteiger partial charge on any atom is -0.387 e. The van der Waals surface area contributed by atoms with Gasteiger partial charge in [-0.1, -0.05) is 29.8 Å². The van der Waals surface area contributed by atoms with E-state index >= 15 is 0 Å². The molecule has 1 heterocycles. The van der Waals surface area contributed by atoms with Crippen LogP contribution in [0.5, 0.6) is 0 Å². The van der Waals surface area contributed by atoms with Crippen molar-refractivity contribution in [3.8, 4) is 11.3 Å². The third-order valence-corrected chi connectivity index (χ3v) is 4.01. The van der Waals surface area contributed by atoms with Crippen LogP contribution in [0.25, 0.3) is 11.3 Å². The van der Waals surface area contributed by atoms with Crippen molar-refractivity contribution in [3.63, 3.8) is 0 Å².